The third kappa shape index (κ3) is 3.56. The standard InChI is InChI=1S/C20H19ClFNO2S/c21-18-9-15(5-6-19(18)22)17-11-20(7-8-20)10-16(17)14-3-1-13(2-4-14)12-26(23,24)25/h1-6,9H,7-8,10-12H2,(H2,23,24,25). The molecule has 1 fully saturated rings. The molecule has 0 radical (unpaired) electrons. The number of nitrogens with two attached hydrogens (primary N) is 1. The lowest BCUT2D eigenvalue weighted by molar-refractivity contribution is 0.568. The van der Waals surface area contributed by atoms with Gasteiger partial charge in [-0.2, -0.15) is 0 Å². The summed E-state index contributed by atoms with van der Waals surface area (Å²) in [7, 11) is -3.54. The molecule has 2 aromatic rings. The van der Waals surface area contributed by atoms with E-state index in [1.807, 2.05) is 12.1 Å². The van der Waals surface area contributed by atoms with Crippen LogP contribution < -0.4 is 5.14 Å². The van der Waals surface area contributed by atoms with Crippen molar-refractivity contribution in [3.05, 3.63) is 70.0 Å². The van der Waals surface area contributed by atoms with Crippen LogP contribution in [0.5, 0.6) is 0 Å². The number of halogens is 2. The SMILES string of the molecule is NS(=O)(=O)Cc1ccc(C2=C(c3ccc(F)c(Cl)c3)CC3(CC3)C2)cc1. The van der Waals surface area contributed by atoms with Crippen molar-refractivity contribution >= 4 is 32.8 Å². The van der Waals surface area contributed by atoms with Crippen molar-refractivity contribution in [3.8, 4) is 0 Å². The van der Waals surface area contributed by atoms with Gasteiger partial charge in [0.05, 0.1) is 10.8 Å². The molecule has 4 rings (SSSR count). The molecule has 0 aromatic heterocycles. The molecule has 0 atom stereocenters. The van der Waals surface area contributed by atoms with Gasteiger partial charge in [-0.05, 0) is 71.1 Å². The number of rotatable bonds is 4. The van der Waals surface area contributed by atoms with Gasteiger partial charge in [0.2, 0.25) is 10.0 Å². The highest BCUT2D eigenvalue weighted by Crippen LogP contribution is 2.63. The molecular weight excluding hydrogens is 373 g/mol. The highest BCUT2D eigenvalue weighted by Gasteiger charge is 2.48. The smallest absolute Gasteiger partial charge is 0.213 e. The van der Waals surface area contributed by atoms with E-state index in [-0.39, 0.29) is 10.8 Å². The van der Waals surface area contributed by atoms with Gasteiger partial charge < -0.3 is 0 Å². The second kappa shape index (κ2) is 6.19. The summed E-state index contributed by atoms with van der Waals surface area (Å²) in [6.45, 7) is 0. The Morgan fingerprint density at radius 2 is 1.58 bits per heavy atom. The average Bonchev–Trinajstić information content (AvgIpc) is 3.21. The third-order valence-electron chi connectivity index (χ3n) is 5.36. The molecule has 0 bridgehead atoms. The van der Waals surface area contributed by atoms with E-state index >= 15 is 0 Å². The maximum absolute atomic E-state index is 13.5. The number of hydrogen-bond acceptors (Lipinski definition) is 2. The van der Waals surface area contributed by atoms with Crippen LogP contribution in [0, 0.1) is 11.2 Å². The second-order valence-corrected chi connectivity index (χ2v) is 9.47. The summed E-state index contributed by atoms with van der Waals surface area (Å²) in [4.78, 5) is 0. The molecule has 0 amide bonds. The van der Waals surface area contributed by atoms with Gasteiger partial charge in [0, 0.05) is 0 Å². The zero-order valence-corrected chi connectivity index (χ0v) is 15.7. The molecule has 0 unspecified atom stereocenters. The highest BCUT2D eigenvalue weighted by atomic mass is 35.5. The Morgan fingerprint density at radius 3 is 2.12 bits per heavy atom. The number of benzene rings is 2. The molecule has 2 aliphatic rings. The van der Waals surface area contributed by atoms with Crippen LogP contribution in [-0.4, -0.2) is 8.42 Å². The summed E-state index contributed by atoms with van der Waals surface area (Å²) in [6, 6.07) is 12.4. The van der Waals surface area contributed by atoms with Gasteiger partial charge in [-0.15, -0.1) is 0 Å². The number of allylic oxidation sites excluding steroid dienone is 2. The molecule has 2 aliphatic carbocycles. The van der Waals surface area contributed by atoms with Gasteiger partial charge in [0.15, 0.2) is 0 Å². The molecule has 3 nitrogen and oxygen atoms in total. The van der Waals surface area contributed by atoms with Gasteiger partial charge in [-0.3, -0.25) is 0 Å². The first-order valence-electron chi connectivity index (χ1n) is 8.52. The van der Waals surface area contributed by atoms with Gasteiger partial charge in [-0.25, -0.2) is 17.9 Å². The van der Waals surface area contributed by atoms with Crippen molar-refractivity contribution in [2.45, 2.75) is 31.4 Å². The van der Waals surface area contributed by atoms with Crippen LogP contribution in [0.1, 0.15) is 42.4 Å². The molecule has 1 spiro atoms. The van der Waals surface area contributed by atoms with Crippen molar-refractivity contribution in [1.29, 1.82) is 0 Å². The first kappa shape index (κ1) is 17.7. The molecule has 26 heavy (non-hydrogen) atoms. The summed E-state index contributed by atoms with van der Waals surface area (Å²) in [5.74, 6) is -0.583. The summed E-state index contributed by atoms with van der Waals surface area (Å²) in [6.07, 6.45) is 4.38. The van der Waals surface area contributed by atoms with Crippen LogP contribution in [0.4, 0.5) is 4.39 Å². The minimum absolute atomic E-state index is 0.134. The zero-order chi connectivity index (χ0) is 18.5. The molecular formula is C20H19ClFNO2S. The van der Waals surface area contributed by atoms with E-state index in [1.54, 1.807) is 24.3 Å². The quantitative estimate of drug-likeness (QED) is 0.817. The van der Waals surface area contributed by atoms with Crippen LogP contribution in [0.15, 0.2) is 42.5 Å². The van der Waals surface area contributed by atoms with Crippen LogP contribution in [0.3, 0.4) is 0 Å². The van der Waals surface area contributed by atoms with E-state index in [9.17, 15) is 12.8 Å². The molecule has 136 valence electrons. The lowest BCUT2D eigenvalue weighted by Crippen LogP contribution is -2.14. The van der Waals surface area contributed by atoms with Crippen LogP contribution in [0.2, 0.25) is 5.02 Å². The van der Waals surface area contributed by atoms with Crippen molar-refractivity contribution in [3.63, 3.8) is 0 Å². The summed E-state index contributed by atoms with van der Waals surface area (Å²) in [5, 5.41) is 5.25. The van der Waals surface area contributed by atoms with Crippen molar-refractivity contribution in [1.82, 2.24) is 0 Å². The lowest BCUT2D eigenvalue weighted by atomic mass is 9.96. The normalized spacial score (nSPS) is 18.6. The highest BCUT2D eigenvalue weighted by molar-refractivity contribution is 7.88. The minimum atomic E-state index is -3.54. The predicted octanol–water partition coefficient (Wildman–Crippen LogP) is 4.75. The molecule has 1 saturated carbocycles. The minimum Gasteiger partial charge on any atom is -0.228 e. The molecule has 0 aliphatic heterocycles. The van der Waals surface area contributed by atoms with Gasteiger partial charge in [0.1, 0.15) is 5.82 Å². The van der Waals surface area contributed by atoms with E-state index in [0.717, 1.165) is 24.0 Å². The van der Waals surface area contributed by atoms with Crippen molar-refractivity contribution in [2.75, 3.05) is 0 Å². The zero-order valence-electron chi connectivity index (χ0n) is 14.1. The Hall–Kier alpha value is -1.69. The monoisotopic (exact) mass is 391 g/mol. The topological polar surface area (TPSA) is 60.2 Å². The van der Waals surface area contributed by atoms with Crippen LogP contribution in [-0.2, 0) is 15.8 Å². The van der Waals surface area contributed by atoms with Crippen molar-refractivity contribution in [2.24, 2.45) is 10.6 Å². The first-order chi connectivity index (χ1) is 12.2. The second-order valence-electron chi connectivity index (χ2n) is 7.44. The first-order valence-corrected chi connectivity index (χ1v) is 10.6. The fourth-order valence-corrected chi connectivity index (χ4v) is 4.66. The Balaban J connectivity index is 1.72. The molecule has 2 aromatic carbocycles. The Kier molecular flexibility index (Phi) is 4.21. The molecule has 2 N–H and O–H groups in total. The average molecular weight is 392 g/mol. The Bertz CT molecular complexity index is 1010. The van der Waals surface area contributed by atoms with Crippen molar-refractivity contribution < 1.29 is 12.8 Å². The van der Waals surface area contributed by atoms with E-state index in [4.69, 9.17) is 16.7 Å². The van der Waals surface area contributed by atoms with Gasteiger partial charge >= 0.3 is 0 Å². The lowest BCUT2D eigenvalue weighted by Gasteiger charge is -2.10. The molecule has 0 saturated heterocycles. The maximum Gasteiger partial charge on any atom is 0.213 e. The largest absolute Gasteiger partial charge is 0.228 e. The maximum atomic E-state index is 13.5. The third-order valence-corrected chi connectivity index (χ3v) is 6.39. The van der Waals surface area contributed by atoms with E-state index < -0.39 is 15.8 Å². The molecule has 6 heteroatoms. The van der Waals surface area contributed by atoms with Gasteiger partial charge in [0.25, 0.3) is 0 Å². The van der Waals surface area contributed by atoms with E-state index in [2.05, 4.69) is 0 Å². The summed E-state index contributed by atoms with van der Waals surface area (Å²) < 4.78 is 36.1. The summed E-state index contributed by atoms with van der Waals surface area (Å²) >= 11 is 5.99. The molecule has 0 heterocycles. The predicted molar refractivity (Wildman–Crippen MR) is 102 cm³/mol. The van der Waals surface area contributed by atoms with E-state index in [0.29, 0.717) is 11.0 Å². The fraction of sp³-hybridized carbons (Fsp3) is 0.300. The van der Waals surface area contributed by atoms with Crippen LogP contribution >= 0.6 is 11.6 Å². The van der Waals surface area contributed by atoms with E-state index in [1.165, 1.54) is 30.1 Å². The Labute approximate surface area is 157 Å². The Morgan fingerprint density at radius 1 is 1.00 bits per heavy atom. The van der Waals surface area contributed by atoms with Gasteiger partial charge in [-0.1, -0.05) is 41.9 Å². The van der Waals surface area contributed by atoms with Crippen LogP contribution in [0.25, 0.3) is 11.1 Å². The summed E-state index contributed by atoms with van der Waals surface area (Å²) in [5.41, 5.74) is 5.50. The fourth-order valence-electron chi connectivity index (χ4n) is 3.83. The number of hydrogen-bond donors (Lipinski definition) is 1. The number of primary sulfonamides is 1. The number of sulfonamides is 1.